The number of alkyl halides is 3. The number of rotatable bonds is 7. The van der Waals surface area contributed by atoms with E-state index >= 15 is 0 Å². The van der Waals surface area contributed by atoms with Crippen LogP contribution in [0.3, 0.4) is 0 Å². The molecule has 2 aromatic carbocycles. The lowest BCUT2D eigenvalue weighted by atomic mass is 10.0. The van der Waals surface area contributed by atoms with Crippen LogP contribution in [0.25, 0.3) is 34.4 Å². The van der Waals surface area contributed by atoms with Crippen LogP contribution >= 0.6 is 0 Å². The number of aliphatic carboxylic acids is 1. The Morgan fingerprint density at radius 3 is 2.48 bits per heavy atom. The molecular weight excluding hydrogens is 547 g/mol. The number of imidazole rings is 1. The van der Waals surface area contributed by atoms with Crippen LogP contribution in [0, 0.1) is 6.92 Å². The maximum absolute atomic E-state index is 13.1. The Kier molecular flexibility index (Phi) is 7.58. The molecule has 0 aliphatic rings. The largest absolute Gasteiger partial charge is 0.478 e. The molecule has 3 heterocycles. The Morgan fingerprint density at radius 1 is 0.952 bits per heavy atom. The summed E-state index contributed by atoms with van der Waals surface area (Å²) in [5.74, 6) is -1.38. The molecule has 0 radical (unpaired) electrons. The van der Waals surface area contributed by atoms with Crippen molar-refractivity contribution < 1.29 is 27.9 Å². The fraction of sp³-hybridized carbons (Fsp3) is 0.129. The molecule has 0 unspecified atom stereocenters. The van der Waals surface area contributed by atoms with Gasteiger partial charge in [-0.3, -0.25) is 4.79 Å². The van der Waals surface area contributed by atoms with Gasteiger partial charge in [-0.15, -0.1) is 0 Å². The maximum atomic E-state index is 13.1. The topological polar surface area (TPSA) is 109 Å². The summed E-state index contributed by atoms with van der Waals surface area (Å²) in [7, 11) is 0. The number of nitrogens with zero attached hydrogens (tertiary/aromatic N) is 4. The Morgan fingerprint density at radius 2 is 1.74 bits per heavy atom. The zero-order valence-electron chi connectivity index (χ0n) is 22.5. The maximum Gasteiger partial charge on any atom is 0.433 e. The van der Waals surface area contributed by atoms with Gasteiger partial charge in [0, 0.05) is 22.4 Å². The lowest BCUT2D eigenvalue weighted by molar-refractivity contribution is -0.141. The van der Waals surface area contributed by atoms with Crippen LogP contribution in [-0.4, -0.2) is 36.6 Å². The number of carbonyl (C=O) groups excluding carboxylic acids is 1. The van der Waals surface area contributed by atoms with Crippen molar-refractivity contribution in [2.45, 2.75) is 26.4 Å². The second-order valence-electron chi connectivity index (χ2n) is 9.49. The standard InChI is InChI=1S/C31H24F3N5O3/c1-3-20(30(41)42)14-19-6-4-7-22(15-19)29(40)37-25-16-21(11-10-18(25)2)26-17-39-28(36-26)13-12-24(38-39)23-8-5-9-27(35-23)31(32,33)34/h4-17H,3H2,1-2H3,(H,37,40)(H,41,42)/b20-14+. The average molecular weight is 572 g/mol. The monoisotopic (exact) mass is 571 g/mol. The van der Waals surface area contributed by atoms with E-state index in [1.165, 1.54) is 22.7 Å². The van der Waals surface area contributed by atoms with Gasteiger partial charge < -0.3 is 10.4 Å². The molecule has 3 aromatic heterocycles. The molecule has 0 atom stereocenters. The van der Waals surface area contributed by atoms with Crippen LogP contribution in [0.5, 0.6) is 0 Å². The Balaban J connectivity index is 1.41. The van der Waals surface area contributed by atoms with Crippen molar-refractivity contribution in [1.29, 1.82) is 0 Å². The number of hydrogen-bond donors (Lipinski definition) is 2. The summed E-state index contributed by atoms with van der Waals surface area (Å²) in [5, 5.41) is 16.6. The van der Waals surface area contributed by atoms with Gasteiger partial charge in [-0.25, -0.2) is 19.3 Å². The SMILES string of the molecule is CC/C(=C\c1cccc(C(=O)Nc2cc(-c3cn4nc(-c5cccc(C(F)(F)F)n5)ccc4n3)ccc2C)c1)C(=O)O. The molecule has 11 heteroatoms. The number of nitrogens with one attached hydrogen (secondary N) is 1. The quantitative estimate of drug-likeness (QED) is 0.205. The summed E-state index contributed by atoms with van der Waals surface area (Å²) in [5.41, 5.74) is 3.59. The predicted octanol–water partition coefficient (Wildman–Crippen LogP) is 6.92. The van der Waals surface area contributed by atoms with E-state index in [0.29, 0.717) is 40.1 Å². The van der Waals surface area contributed by atoms with Crippen molar-refractivity contribution in [2.75, 3.05) is 5.32 Å². The molecule has 1 amide bonds. The van der Waals surface area contributed by atoms with Crippen molar-refractivity contribution >= 4 is 29.3 Å². The van der Waals surface area contributed by atoms with Crippen LogP contribution in [0.1, 0.15) is 40.5 Å². The highest BCUT2D eigenvalue weighted by Gasteiger charge is 2.32. The first kappa shape index (κ1) is 28.2. The van der Waals surface area contributed by atoms with E-state index in [1.54, 1.807) is 55.6 Å². The second-order valence-corrected chi connectivity index (χ2v) is 9.49. The number of carbonyl (C=O) groups is 2. The van der Waals surface area contributed by atoms with Crippen molar-refractivity contribution in [3.05, 3.63) is 107 Å². The highest BCUT2D eigenvalue weighted by molar-refractivity contribution is 6.05. The molecule has 0 saturated heterocycles. The summed E-state index contributed by atoms with van der Waals surface area (Å²) in [6.07, 6.45) is -1.04. The number of carboxylic acids is 1. The van der Waals surface area contributed by atoms with Gasteiger partial charge in [0.25, 0.3) is 5.91 Å². The third-order valence-electron chi connectivity index (χ3n) is 6.55. The number of fused-ring (bicyclic) bond motifs is 1. The first-order valence-corrected chi connectivity index (χ1v) is 12.9. The molecule has 8 nitrogen and oxygen atoms in total. The molecule has 0 spiro atoms. The Labute approximate surface area is 238 Å². The highest BCUT2D eigenvalue weighted by Crippen LogP contribution is 2.30. The van der Waals surface area contributed by atoms with E-state index in [4.69, 9.17) is 0 Å². The minimum atomic E-state index is -4.57. The zero-order chi connectivity index (χ0) is 30.0. The van der Waals surface area contributed by atoms with Crippen LogP contribution in [-0.2, 0) is 11.0 Å². The van der Waals surface area contributed by atoms with E-state index in [1.807, 2.05) is 19.1 Å². The molecule has 42 heavy (non-hydrogen) atoms. The first-order valence-electron chi connectivity index (χ1n) is 12.9. The fourth-order valence-electron chi connectivity index (χ4n) is 4.29. The number of halogens is 3. The number of hydrogen-bond acceptors (Lipinski definition) is 5. The van der Waals surface area contributed by atoms with Gasteiger partial charge in [0.05, 0.1) is 17.6 Å². The van der Waals surface area contributed by atoms with Gasteiger partial charge in [0.2, 0.25) is 0 Å². The number of benzene rings is 2. The molecule has 0 fully saturated rings. The molecule has 0 bridgehead atoms. The van der Waals surface area contributed by atoms with Crippen LogP contribution in [0.15, 0.2) is 84.6 Å². The highest BCUT2D eigenvalue weighted by atomic mass is 19.4. The molecule has 0 saturated carbocycles. The van der Waals surface area contributed by atoms with E-state index in [-0.39, 0.29) is 22.9 Å². The van der Waals surface area contributed by atoms with E-state index in [0.717, 1.165) is 11.6 Å². The van der Waals surface area contributed by atoms with Gasteiger partial charge in [-0.2, -0.15) is 18.3 Å². The normalized spacial score (nSPS) is 12.0. The van der Waals surface area contributed by atoms with Gasteiger partial charge in [0.1, 0.15) is 11.4 Å². The van der Waals surface area contributed by atoms with Crippen LogP contribution in [0.4, 0.5) is 18.9 Å². The molecule has 212 valence electrons. The summed E-state index contributed by atoms with van der Waals surface area (Å²) in [4.78, 5) is 32.7. The van der Waals surface area contributed by atoms with Crippen molar-refractivity contribution in [2.24, 2.45) is 0 Å². The summed E-state index contributed by atoms with van der Waals surface area (Å²) >= 11 is 0. The minimum absolute atomic E-state index is 0.0794. The fourth-order valence-corrected chi connectivity index (χ4v) is 4.29. The molecule has 2 N–H and O–H groups in total. The Hall–Kier alpha value is -5.32. The molecular formula is C31H24F3N5O3. The lowest BCUT2D eigenvalue weighted by Crippen LogP contribution is -2.13. The number of aryl methyl sites for hydroxylation is 1. The summed E-state index contributed by atoms with van der Waals surface area (Å²) in [6.45, 7) is 3.59. The van der Waals surface area contributed by atoms with Gasteiger partial charge >= 0.3 is 12.1 Å². The van der Waals surface area contributed by atoms with E-state index < -0.39 is 17.8 Å². The minimum Gasteiger partial charge on any atom is -0.478 e. The van der Waals surface area contributed by atoms with Gasteiger partial charge in [-0.05, 0) is 73.0 Å². The second kappa shape index (κ2) is 11.3. The number of amides is 1. The third-order valence-corrected chi connectivity index (χ3v) is 6.55. The lowest BCUT2D eigenvalue weighted by Gasteiger charge is -2.10. The number of carboxylic acid groups (broad SMARTS) is 1. The Bertz CT molecular complexity index is 1860. The molecule has 0 aliphatic carbocycles. The van der Waals surface area contributed by atoms with Crippen LogP contribution in [0.2, 0.25) is 0 Å². The third kappa shape index (κ3) is 6.04. The predicted molar refractivity (Wildman–Crippen MR) is 152 cm³/mol. The molecule has 5 rings (SSSR count). The van der Waals surface area contributed by atoms with Crippen LogP contribution < -0.4 is 5.32 Å². The molecule has 0 aliphatic heterocycles. The summed E-state index contributed by atoms with van der Waals surface area (Å²) in [6, 6.07) is 19.0. The number of aromatic nitrogens is 4. The number of pyridine rings is 1. The van der Waals surface area contributed by atoms with E-state index in [2.05, 4.69) is 20.4 Å². The number of anilines is 1. The van der Waals surface area contributed by atoms with E-state index in [9.17, 15) is 27.9 Å². The van der Waals surface area contributed by atoms with Crippen molar-refractivity contribution in [3.63, 3.8) is 0 Å². The first-order chi connectivity index (χ1) is 20.0. The van der Waals surface area contributed by atoms with Crippen molar-refractivity contribution in [1.82, 2.24) is 19.6 Å². The van der Waals surface area contributed by atoms with Crippen molar-refractivity contribution in [3.8, 4) is 22.6 Å². The average Bonchev–Trinajstić information content (AvgIpc) is 3.40. The zero-order valence-corrected chi connectivity index (χ0v) is 22.5. The van der Waals surface area contributed by atoms with Gasteiger partial charge in [0.15, 0.2) is 5.65 Å². The molecule has 5 aromatic rings. The van der Waals surface area contributed by atoms with Gasteiger partial charge in [-0.1, -0.05) is 37.3 Å². The summed E-state index contributed by atoms with van der Waals surface area (Å²) < 4.78 is 40.8. The smallest absolute Gasteiger partial charge is 0.433 e.